The van der Waals surface area contributed by atoms with Crippen LogP contribution in [0.1, 0.15) is 0 Å². The largest absolute Gasteiger partial charge is 0.452 e. The zero-order chi connectivity index (χ0) is 32.6. The van der Waals surface area contributed by atoms with Crippen LogP contribution in [0.4, 0.5) is 0 Å². The normalized spacial score (nSPS) is 22.3. The van der Waals surface area contributed by atoms with Crippen molar-refractivity contribution in [2.24, 2.45) is 0 Å². The Bertz CT molecular complexity index is 1770. The van der Waals surface area contributed by atoms with Crippen molar-refractivity contribution in [3.8, 4) is 0 Å². The van der Waals surface area contributed by atoms with Gasteiger partial charge in [-0.05, 0) is 0 Å². The molecule has 4 bridgehead atoms. The molecule has 238 valence electrons. The molecule has 11 rings (SSSR count). The van der Waals surface area contributed by atoms with Crippen molar-refractivity contribution in [3.05, 3.63) is 61.7 Å². The highest BCUT2D eigenvalue weighted by atomic mass is 28.3. The minimum absolute atomic E-state index is 1.02. The fraction of sp³-hybridized carbons (Fsp3) is 0.400. The molecule has 0 unspecified atom stereocenters. The van der Waals surface area contributed by atoms with E-state index in [-0.39, 0.29) is 0 Å². The van der Waals surface area contributed by atoms with Crippen LogP contribution in [-0.4, -0.2) is 78.6 Å². The summed E-state index contributed by atoms with van der Waals surface area (Å²) in [6.45, 7) is 25.9. The van der Waals surface area contributed by atoms with Crippen molar-refractivity contribution >= 4 is 103 Å². The first-order chi connectivity index (χ1) is 21.3. The lowest BCUT2D eigenvalue weighted by atomic mass is 9.44. The Morgan fingerprint density at radius 1 is 0.370 bits per heavy atom. The summed E-state index contributed by atoms with van der Waals surface area (Å²) < 4.78 is 21.5. The van der Waals surface area contributed by atoms with Crippen LogP contribution < -0.4 is 61.0 Å². The molecule has 6 aliphatic rings. The maximum absolute atomic E-state index is 2.73. The molecule has 0 aliphatic carbocycles. The summed E-state index contributed by atoms with van der Waals surface area (Å²) in [6, 6.07) is 5.46. The molecule has 16 heteroatoms. The number of benzene rings is 1. The van der Waals surface area contributed by atoms with Gasteiger partial charge in [-0.1, -0.05) is 78.6 Å². The molecule has 0 radical (unpaired) electrons. The molecule has 5 aromatic rings. The number of hydrogen-bond donors (Lipinski definition) is 0. The molecule has 8 nitrogen and oxygen atoms in total. The summed E-state index contributed by atoms with van der Waals surface area (Å²) in [5, 5.41) is 6.29. The Hall–Kier alpha value is -2.81. The van der Waals surface area contributed by atoms with Crippen LogP contribution in [0.15, 0.2) is 61.7 Å². The molecular weight excluding hydrogens is 628 g/mol. The van der Waals surface area contributed by atoms with Crippen LogP contribution >= 0.6 is 0 Å². The molecule has 0 saturated heterocycles. The maximum atomic E-state index is 2.73. The number of nitrogens with zero attached hydrogens (tertiary/aromatic N) is 8. The van der Waals surface area contributed by atoms with Crippen molar-refractivity contribution in [1.29, 1.82) is 0 Å². The Morgan fingerprint density at radius 2 is 0.565 bits per heavy atom. The average molecular weight is 678 g/mol. The number of rotatable bonds is 4. The standard InChI is InChI=1S/C30H50B4N8Si4/c1-43(2,3)23-15-35-31-27-13-29-30(14-28(27)32(36(35)16-23)38-18-24(17-37(31)38)44(4,5)6)34-40-20-25(45(7,8)9)19-39(40)33(29)41-21-26(22-42(34)41)46(10,11)12/h13-22,31-34H,1-12H3/t31-,32+,33-,34+. The highest BCUT2D eigenvalue weighted by Gasteiger charge is 2.52. The van der Waals surface area contributed by atoms with Crippen molar-refractivity contribution < 1.29 is 18.4 Å². The van der Waals surface area contributed by atoms with Crippen LogP contribution in [0.25, 0.3) is 0 Å². The smallest absolute Gasteiger partial charge is 0.341 e. The van der Waals surface area contributed by atoms with Gasteiger partial charge in [0.15, 0.2) is 0 Å². The van der Waals surface area contributed by atoms with Gasteiger partial charge < -0.3 is 36.7 Å². The van der Waals surface area contributed by atoms with Gasteiger partial charge in [0, 0.05) is 45.5 Å². The van der Waals surface area contributed by atoms with Gasteiger partial charge in [0.1, 0.15) is 24.8 Å². The molecule has 1 aromatic carbocycles. The lowest BCUT2D eigenvalue weighted by Gasteiger charge is -2.47. The second kappa shape index (κ2) is 8.61. The van der Waals surface area contributed by atoms with Gasteiger partial charge in [-0.25, -0.2) is 0 Å². The molecule has 0 spiro atoms. The lowest BCUT2D eigenvalue weighted by Crippen LogP contribution is -2.96. The highest BCUT2D eigenvalue weighted by Crippen LogP contribution is 2.12. The van der Waals surface area contributed by atoms with Crippen LogP contribution in [0.2, 0.25) is 78.6 Å². The molecule has 0 atom stereocenters. The van der Waals surface area contributed by atoms with Gasteiger partial charge >= 0.3 is 27.9 Å². The van der Waals surface area contributed by atoms with E-state index in [9.17, 15) is 0 Å². The van der Waals surface area contributed by atoms with Crippen molar-refractivity contribution in [3.63, 3.8) is 0 Å². The molecule has 10 heterocycles. The van der Waals surface area contributed by atoms with E-state index in [4.69, 9.17) is 0 Å². The van der Waals surface area contributed by atoms with Crippen molar-refractivity contribution in [1.82, 2.24) is 18.4 Å². The van der Waals surface area contributed by atoms with E-state index >= 15 is 0 Å². The van der Waals surface area contributed by atoms with Crippen LogP contribution in [0.3, 0.4) is 0 Å². The van der Waals surface area contributed by atoms with E-state index in [1.807, 2.05) is 0 Å². The van der Waals surface area contributed by atoms with Crippen molar-refractivity contribution in [2.75, 3.05) is 0 Å². The first-order valence-corrected chi connectivity index (χ1v) is 31.8. The summed E-state index contributed by atoms with van der Waals surface area (Å²) in [7, 11) is -5.92. The van der Waals surface area contributed by atoms with Gasteiger partial charge in [0.05, 0.1) is 32.3 Å². The zero-order valence-electron chi connectivity index (χ0n) is 30.2. The lowest BCUT2D eigenvalue weighted by molar-refractivity contribution is -0.700. The quantitative estimate of drug-likeness (QED) is 0.169. The summed E-state index contributed by atoms with van der Waals surface area (Å²) in [5.41, 5.74) is 6.45. The number of hydrogen-bond acceptors (Lipinski definition) is 0. The monoisotopic (exact) mass is 678 g/mol. The average Bonchev–Trinajstić information content (AvgIpc) is 3.72. The second-order valence-electron chi connectivity index (χ2n) is 19.6. The predicted molar refractivity (Wildman–Crippen MR) is 207 cm³/mol. The minimum atomic E-state index is -1.48. The summed E-state index contributed by atoms with van der Waals surface area (Å²) in [4.78, 5) is 0. The van der Waals surface area contributed by atoms with Crippen molar-refractivity contribution in [2.45, 2.75) is 78.6 Å². The Kier molecular flexibility index (Phi) is 5.49. The van der Waals surface area contributed by atoms with Gasteiger partial charge in [-0.2, -0.15) is 0 Å². The molecule has 0 N–H and O–H groups in total. The first kappa shape index (κ1) is 29.3. The van der Waals surface area contributed by atoms with Gasteiger partial charge in [0.25, 0.3) is 0 Å². The summed E-state index contributed by atoms with van der Waals surface area (Å²) in [6.07, 6.45) is 20.4. The zero-order valence-corrected chi connectivity index (χ0v) is 34.2. The fourth-order valence-electron chi connectivity index (χ4n) is 9.59. The van der Waals surface area contributed by atoms with Gasteiger partial charge in [-0.15, -0.1) is 34.0 Å². The molecular formula is C30H50B4N8Si4. The molecule has 46 heavy (non-hydrogen) atoms. The Labute approximate surface area is 278 Å². The molecule has 4 aromatic heterocycles. The Balaban J connectivity index is 1.30. The predicted octanol–water partition coefficient (Wildman–Crippen LogP) is -4.43. The van der Waals surface area contributed by atoms with Crippen LogP contribution in [-0.2, 0) is 0 Å². The summed E-state index contributed by atoms with van der Waals surface area (Å²) >= 11 is 0. The SMILES string of the molecule is C[Si](C)(C)c1cn2[n+](c1)[B@H-]1c3cc4c(cc3[B@@H-]2[n+]2cc([Si](C)(C)C)cn21)[B@@H-]1n2cc([Si](C)(C)C)c[n+]2[B@H-]4n2cc([Si](C)(C)C)c[n+]21. The first-order valence-electron chi connectivity index (χ1n) is 17.8. The third kappa shape index (κ3) is 3.75. The van der Waals surface area contributed by atoms with Gasteiger partial charge in [-0.3, -0.25) is 0 Å². The molecule has 6 aliphatic heterocycles. The van der Waals surface area contributed by atoms with E-state index < -0.39 is 60.2 Å². The molecule has 0 amide bonds. The van der Waals surface area contributed by atoms with E-state index in [0.717, 1.165) is 0 Å². The van der Waals surface area contributed by atoms with E-state index in [2.05, 4.69) is 177 Å². The second-order valence-corrected chi connectivity index (χ2v) is 39.9. The third-order valence-electron chi connectivity index (χ3n) is 12.4. The fourth-order valence-corrected chi connectivity index (χ4v) is 13.9. The van der Waals surface area contributed by atoms with Crippen LogP contribution in [0.5, 0.6) is 0 Å². The van der Waals surface area contributed by atoms with Gasteiger partial charge in [0.2, 0.25) is 0 Å². The van der Waals surface area contributed by atoms with Crippen LogP contribution in [0, 0.1) is 0 Å². The molecule has 0 fully saturated rings. The maximum Gasteiger partial charge on any atom is 0.452 e. The minimum Gasteiger partial charge on any atom is -0.341 e. The highest BCUT2D eigenvalue weighted by molar-refractivity contribution is 6.91. The van der Waals surface area contributed by atoms with E-state index in [0.29, 0.717) is 0 Å². The summed E-state index contributed by atoms with van der Waals surface area (Å²) in [5.74, 6) is 0. The topological polar surface area (TPSA) is 35.2 Å². The number of aromatic nitrogens is 8. The van der Waals surface area contributed by atoms with E-state index in [1.54, 1.807) is 42.6 Å². The van der Waals surface area contributed by atoms with E-state index in [1.165, 1.54) is 0 Å². The molecule has 0 saturated carbocycles. The third-order valence-corrected chi connectivity index (χ3v) is 20.4. The Morgan fingerprint density at radius 3 is 0.739 bits per heavy atom.